The number of benzene rings is 1. The molecule has 3 N–H and O–H groups in total. The topological polar surface area (TPSA) is 137 Å². The van der Waals surface area contributed by atoms with E-state index >= 15 is 0 Å². The van der Waals surface area contributed by atoms with E-state index in [9.17, 15) is 22.0 Å². The Kier molecular flexibility index (Phi) is 7.61. The summed E-state index contributed by atoms with van der Waals surface area (Å²) in [5, 5.41) is 11.9. The molecule has 3 heterocycles. The van der Waals surface area contributed by atoms with Gasteiger partial charge in [0.05, 0.1) is 34.9 Å². The van der Waals surface area contributed by atoms with Gasteiger partial charge < -0.3 is 25.0 Å². The van der Waals surface area contributed by atoms with Gasteiger partial charge in [0.25, 0.3) is 11.8 Å². The van der Waals surface area contributed by atoms with E-state index in [2.05, 4.69) is 24.9 Å². The van der Waals surface area contributed by atoms with Crippen molar-refractivity contribution < 1.29 is 31.8 Å². The second-order valence-corrected chi connectivity index (χ2v) is 12.6. The summed E-state index contributed by atoms with van der Waals surface area (Å²) < 4.78 is 60.0. The van der Waals surface area contributed by atoms with Crippen molar-refractivity contribution in [1.29, 1.82) is 0 Å². The number of aliphatic hydroxyl groups is 1. The third-order valence-corrected chi connectivity index (χ3v) is 9.17. The number of hydrogen-bond acceptors (Lipinski definition) is 9. The number of piperidine rings is 2. The predicted molar refractivity (Wildman–Crippen MR) is 147 cm³/mol. The first kappa shape index (κ1) is 28.4. The third-order valence-electron chi connectivity index (χ3n) is 7.91. The first-order valence-corrected chi connectivity index (χ1v) is 14.9. The lowest BCUT2D eigenvalue weighted by Crippen LogP contribution is -2.40. The van der Waals surface area contributed by atoms with Crippen molar-refractivity contribution in [3.05, 3.63) is 35.5 Å². The summed E-state index contributed by atoms with van der Waals surface area (Å²) in [7, 11) is -2.06. The molecule has 3 fully saturated rings. The fourth-order valence-electron chi connectivity index (χ4n) is 5.52. The maximum Gasteiger partial charge on any atom is 0.258 e. The number of carbonyl (C=O) groups excluding carboxylic acids is 1. The molecule has 2 aliphatic heterocycles. The van der Waals surface area contributed by atoms with E-state index in [-0.39, 0.29) is 49.0 Å². The fourth-order valence-corrected chi connectivity index (χ4v) is 6.35. The van der Waals surface area contributed by atoms with Crippen molar-refractivity contribution in [1.82, 2.24) is 9.97 Å². The third kappa shape index (κ3) is 6.13. The zero-order chi connectivity index (χ0) is 28.7. The van der Waals surface area contributed by atoms with E-state index < -0.39 is 34.2 Å². The molecule has 2 saturated heterocycles. The molecule has 1 amide bonds. The summed E-state index contributed by atoms with van der Waals surface area (Å²) in [6, 6.07) is 6.28. The number of aliphatic hydroxyl groups excluding tert-OH is 1. The van der Waals surface area contributed by atoms with Crippen LogP contribution in [0.4, 0.5) is 31.9 Å². The Hall–Kier alpha value is -3.10. The van der Waals surface area contributed by atoms with Crippen LogP contribution in [0.25, 0.3) is 0 Å². The van der Waals surface area contributed by atoms with Crippen LogP contribution in [0.2, 0.25) is 0 Å². The maximum absolute atomic E-state index is 13.6. The summed E-state index contributed by atoms with van der Waals surface area (Å²) in [5.74, 6) is -2.78. The van der Waals surface area contributed by atoms with Crippen LogP contribution in [-0.2, 0) is 14.8 Å². The van der Waals surface area contributed by atoms with Crippen LogP contribution in [0.3, 0.4) is 0 Å². The molecular formula is C26H34F2N6O5S. The molecule has 11 nitrogen and oxygen atoms in total. The Labute approximate surface area is 232 Å². The van der Waals surface area contributed by atoms with E-state index in [0.29, 0.717) is 36.0 Å². The molecule has 1 aromatic heterocycles. The number of ether oxygens (including phenoxy) is 1. The number of carbonyl (C=O) groups is 1. The minimum atomic E-state index is -3.77. The van der Waals surface area contributed by atoms with Crippen molar-refractivity contribution in [2.24, 2.45) is 5.92 Å². The van der Waals surface area contributed by atoms with E-state index in [1.54, 1.807) is 37.1 Å². The second kappa shape index (κ2) is 10.7. The molecule has 14 heteroatoms. The van der Waals surface area contributed by atoms with Gasteiger partial charge >= 0.3 is 0 Å². The number of anilines is 4. The molecule has 2 aromatic rings. The average molecular weight is 581 g/mol. The molecule has 0 unspecified atom stereocenters. The van der Waals surface area contributed by atoms with Crippen LogP contribution in [-0.4, -0.2) is 86.6 Å². The summed E-state index contributed by atoms with van der Waals surface area (Å²) in [4.78, 5) is 26.1. The highest BCUT2D eigenvalue weighted by Gasteiger charge is 2.57. The van der Waals surface area contributed by atoms with E-state index in [4.69, 9.17) is 9.84 Å². The molecule has 0 spiro atoms. The zero-order valence-electron chi connectivity index (χ0n) is 22.5. The summed E-state index contributed by atoms with van der Waals surface area (Å²) in [5.41, 5.74) is 1.61. The minimum Gasteiger partial charge on any atom is -0.395 e. The molecule has 1 saturated carbocycles. The number of sulfonamides is 1. The van der Waals surface area contributed by atoms with Gasteiger partial charge in [-0.2, -0.15) is 4.98 Å². The number of aromatic nitrogens is 2. The van der Waals surface area contributed by atoms with Crippen molar-refractivity contribution in [2.45, 2.75) is 44.1 Å². The largest absolute Gasteiger partial charge is 0.395 e. The monoisotopic (exact) mass is 580 g/mol. The number of halogens is 2. The lowest BCUT2D eigenvalue weighted by molar-refractivity contribution is -0.0222. The first-order chi connectivity index (χ1) is 18.9. The Morgan fingerprint density at radius 3 is 2.55 bits per heavy atom. The number of fused-ring (bicyclic) bond motifs is 1. The smallest absolute Gasteiger partial charge is 0.258 e. The predicted octanol–water partition coefficient (Wildman–Crippen LogP) is 2.62. The van der Waals surface area contributed by atoms with Gasteiger partial charge in [0.2, 0.25) is 16.0 Å². The Morgan fingerprint density at radius 1 is 1.15 bits per heavy atom. The van der Waals surface area contributed by atoms with Gasteiger partial charge in [-0.1, -0.05) is 0 Å². The van der Waals surface area contributed by atoms with Crippen molar-refractivity contribution >= 4 is 39.1 Å². The van der Waals surface area contributed by atoms with Crippen LogP contribution in [0.15, 0.2) is 24.3 Å². The Bertz CT molecular complexity index is 1380. The van der Waals surface area contributed by atoms with E-state index in [1.807, 2.05) is 0 Å². The molecule has 218 valence electrons. The van der Waals surface area contributed by atoms with Crippen molar-refractivity contribution in [3.8, 4) is 0 Å². The molecule has 5 rings (SSSR count). The van der Waals surface area contributed by atoms with Gasteiger partial charge in [-0.3, -0.25) is 9.52 Å². The summed E-state index contributed by atoms with van der Waals surface area (Å²) >= 11 is 0. The first-order valence-electron chi connectivity index (χ1n) is 13.3. The Morgan fingerprint density at radius 2 is 1.88 bits per heavy atom. The van der Waals surface area contributed by atoms with Gasteiger partial charge in [0.15, 0.2) is 0 Å². The lowest BCUT2D eigenvalue weighted by atomic mass is 10.0. The molecule has 1 aromatic carbocycles. The fraction of sp³-hybridized carbons (Fsp3) is 0.577. The number of methoxy groups -OCH3 is 1. The number of amides is 1. The van der Waals surface area contributed by atoms with Crippen LogP contribution in [0.1, 0.15) is 41.7 Å². The highest BCUT2D eigenvalue weighted by Crippen LogP contribution is 2.53. The minimum absolute atomic E-state index is 0.112. The Balaban J connectivity index is 1.40. The number of alkyl halides is 2. The van der Waals surface area contributed by atoms with Gasteiger partial charge in [0.1, 0.15) is 5.82 Å². The number of hydrogen-bond donors (Lipinski definition) is 3. The highest BCUT2D eigenvalue weighted by molar-refractivity contribution is 7.92. The van der Waals surface area contributed by atoms with Crippen LogP contribution in [0, 0.1) is 12.8 Å². The number of rotatable bonds is 9. The molecule has 2 atom stereocenters. The van der Waals surface area contributed by atoms with Gasteiger partial charge in [-0.15, -0.1) is 0 Å². The summed E-state index contributed by atoms with van der Waals surface area (Å²) in [6.45, 7) is 2.71. The second-order valence-electron chi connectivity index (χ2n) is 10.7. The van der Waals surface area contributed by atoms with Crippen molar-refractivity contribution in [2.75, 3.05) is 65.5 Å². The molecule has 3 aliphatic rings. The number of aryl methyl sites for hydroxylation is 1. The molecule has 0 bridgehead atoms. The average Bonchev–Trinajstić information content (AvgIpc) is 3.62. The van der Waals surface area contributed by atoms with E-state index in [1.165, 1.54) is 6.07 Å². The standard InChI is InChI=1S/C26H34F2N6O5S/c1-17-13-22(31-24(29-17)33-9-6-26(27,28)7-10-33)30-23(36)20-4-3-19(32-40(37,38)12-11-35)14-21(20)34-8-5-25(39-2)15-18(25)16-34/h3-4,13-14,18,32,35H,5-12,15-16H2,1-2H3,(H,29,30,31,36)/t18-,25+/m0/s1. The molecule has 0 radical (unpaired) electrons. The van der Waals surface area contributed by atoms with E-state index in [0.717, 1.165) is 12.8 Å². The quantitative estimate of drug-likeness (QED) is 0.409. The molecular weight excluding hydrogens is 546 g/mol. The molecule has 40 heavy (non-hydrogen) atoms. The molecule has 1 aliphatic carbocycles. The maximum atomic E-state index is 13.6. The van der Waals surface area contributed by atoms with Crippen molar-refractivity contribution in [3.63, 3.8) is 0 Å². The van der Waals surface area contributed by atoms with Crippen LogP contribution < -0.4 is 19.8 Å². The SMILES string of the molecule is CO[C@@]12CCN(c3cc(NS(=O)(=O)CCO)ccc3C(=O)Nc3cc(C)nc(N4CCC(F)(F)CC4)n3)C[C@@H]1C2. The highest BCUT2D eigenvalue weighted by atomic mass is 32.2. The van der Waals surface area contributed by atoms with Gasteiger partial charge in [-0.05, 0) is 38.0 Å². The summed E-state index contributed by atoms with van der Waals surface area (Å²) in [6.07, 6.45) is 1.13. The van der Waals surface area contributed by atoms with Gasteiger partial charge in [0, 0.05) is 63.8 Å². The van der Waals surface area contributed by atoms with Crippen LogP contribution >= 0.6 is 0 Å². The zero-order valence-corrected chi connectivity index (χ0v) is 23.3. The van der Waals surface area contributed by atoms with Gasteiger partial charge in [-0.25, -0.2) is 22.2 Å². The number of nitrogens with zero attached hydrogens (tertiary/aromatic N) is 4. The normalized spacial score (nSPS) is 23.9. The van der Waals surface area contributed by atoms with Crippen LogP contribution in [0.5, 0.6) is 0 Å². The lowest BCUT2D eigenvalue weighted by Gasteiger charge is -2.34. The number of nitrogens with one attached hydrogen (secondary N) is 2.